The van der Waals surface area contributed by atoms with Crippen molar-refractivity contribution in [1.82, 2.24) is 0 Å². The van der Waals surface area contributed by atoms with Gasteiger partial charge in [-0.3, -0.25) is 0 Å². The highest BCUT2D eigenvalue weighted by molar-refractivity contribution is 6.70. The Kier molecular flexibility index (Phi) is 2.51. The molecule has 0 aromatic carbocycles. The van der Waals surface area contributed by atoms with Crippen molar-refractivity contribution >= 4 is 8.32 Å². The molecule has 0 amide bonds. The van der Waals surface area contributed by atoms with Crippen LogP contribution in [0.15, 0.2) is 12.0 Å². The normalized spacial score (nSPS) is 24.1. The van der Waals surface area contributed by atoms with Crippen LogP contribution < -0.4 is 0 Å². The summed E-state index contributed by atoms with van der Waals surface area (Å²) in [5, 5.41) is 0. The minimum absolute atomic E-state index is 0.0436. The molecule has 3 heteroatoms. The number of ether oxygens (including phenoxy) is 1. The molecule has 0 saturated carbocycles. The average molecular weight is 214 g/mol. The van der Waals surface area contributed by atoms with E-state index in [1.165, 1.54) is 0 Å². The number of hydrogen-bond acceptors (Lipinski definition) is 2. The molecule has 0 saturated heterocycles. The van der Waals surface area contributed by atoms with E-state index in [1.54, 1.807) is 0 Å². The summed E-state index contributed by atoms with van der Waals surface area (Å²) in [6.45, 7) is 15.0. The molecule has 14 heavy (non-hydrogen) atoms. The lowest BCUT2D eigenvalue weighted by molar-refractivity contribution is -0.0422. The standard InChI is InChI=1S/C11H22O2Si/c1-10(2)8-9(12-11(10,3)4)13-14(5,6)7/h8H,1-7H3. The fraction of sp³-hybridized carbons (Fsp3) is 0.818. The molecule has 0 aromatic rings. The molecule has 0 bridgehead atoms. The predicted octanol–water partition coefficient (Wildman–Crippen LogP) is 3.51. The van der Waals surface area contributed by atoms with Gasteiger partial charge in [0, 0.05) is 11.5 Å². The maximum atomic E-state index is 5.85. The Morgan fingerprint density at radius 3 is 1.93 bits per heavy atom. The Labute approximate surface area is 88.4 Å². The van der Waals surface area contributed by atoms with E-state index in [0.29, 0.717) is 0 Å². The molecule has 1 aliphatic heterocycles. The quantitative estimate of drug-likeness (QED) is 0.655. The smallest absolute Gasteiger partial charge is 0.262 e. The van der Waals surface area contributed by atoms with Gasteiger partial charge in [-0.25, -0.2) is 0 Å². The highest BCUT2D eigenvalue weighted by Gasteiger charge is 2.45. The maximum Gasteiger partial charge on any atom is 0.262 e. The van der Waals surface area contributed by atoms with Gasteiger partial charge in [0.25, 0.3) is 5.95 Å². The van der Waals surface area contributed by atoms with Gasteiger partial charge in [0.15, 0.2) is 0 Å². The van der Waals surface area contributed by atoms with Crippen molar-refractivity contribution in [3.63, 3.8) is 0 Å². The van der Waals surface area contributed by atoms with Crippen LogP contribution >= 0.6 is 0 Å². The van der Waals surface area contributed by atoms with Crippen LogP contribution in [0.2, 0.25) is 19.6 Å². The van der Waals surface area contributed by atoms with Crippen molar-refractivity contribution in [2.75, 3.05) is 0 Å². The maximum absolute atomic E-state index is 5.85. The summed E-state index contributed by atoms with van der Waals surface area (Å²) in [4.78, 5) is 0. The topological polar surface area (TPSA) is 18.5 Å². The summed E-state index contributed by atoms with van der Waals surface area (Å²) in [6, 6.07) is 0. The Morgan fingerprint density at radius 1 is 1.14 bits per heavy atom. The molecule has 0 fully saturated rings. The van der Waals surface area contributed by atoms with E-state index in [-0.39, 0.29) is 11.0 Å². The minimum Gasteiger partial charge on any atom is -0.520 e. The second-order valence-corrected chi connectivity index (χ2v) is 10.4. The van der Waals surface area contributed by atoms with Crippen LogP contribution in [-0.2, 0) is 9.16 Å². The Morgan fingerprint density at radius 2 is 1.64 bits per heavy atom. The highest BCUT2D eigenvalue weighted by atomic mass is 28.4. The van der Waals surface area contributed by atoms with Crippen LogP contribution in [0.25, 0.3) is 0 Å². The van der Waals surface area contributed by atoms with E-state index in [0.717, 1.165) is 5.95 Å². The van der Waals surface area contributed by atoms with Gasteiger partial charge in [-0.05, 0) is 33.5 Å². The first-order valence-corrected chi connectivity index (χ1v) is 8.55. The first-order chi connectivity index (χ1) is 6.04. The molecule has 0 N–H and O–H groups in total. The molecule has 1 aliphatic rings. The van der Waals surface area contributed by atoms with Crippen LogP contribution in [0, 0.1) is 5.41 Å². The molecule has 0 spiro atoms. The lowest BCUT2D eigenvalue weighted by atomic mass is 9.79. The van der Waals surface area contributed by atoms with E-state index in [4.69, 9.17) is 9.16 Å². The van der Waals surface area contributed by atoms with Crippen LogP contribution in [-0.4, -0.2) is 13.9 Å². The fourth-order valence-corrected chi connectivity index (χ4v) is 1.94. The van der Waals surface area contributed by atoms with Crippen molar-refractivity contribution in [2.45, 2.75) is 52.9 Å². The highest BCUT2D eigenvalue weighted by Crippen LogP contribution is 2.43. The summed E-state index contributed by atoms with van der Waals surface area (Å²) in [5.74, 6) is 0.721. The Balaban J connectivity index is 2.79. The van der Waals surface area contributed by atoms with Crippen molar-refractivity contribution in [3.05, 3.63) is 12.0 Å². The van der Waals surface area contributed by atoms with Gasteiger partial charge >= 0.3 is 0 Å². The van der Waals surface area contributed by atoms with E-state index >= 15 is 0 Å². The zero-order valence-corrected chi connectivity index (χ0v) is 11.4. The van der Waals surface area contributed by atoms with Gasteiger partial charge in [-0.15, -0.1) is 0 Å². The molecule has 0 aromatic heterocycles. The Bertz CT molecular complexity index is 259. The minimum atomic E-state index is -1.54. The van der Waals surface area contributed by atoms with Crippen LogP contribution in [0.1, 0.15) is 27.7 Å². The third-order valence-electron chi connectivity index (χ3n) is 2.79. The number of rotatable bonds is 2. The van der Waals surface area contributed by atoms with Crippen molar-refractivity contribution < 1.29 is 9.16 Å². The van der Waals surface area contributed by atoms with Gasteiger partial charge in [0.1, 0.15) is 5.60 Å². The summed E-state index contributed by atoms with van der Waals surface area (Å²) in [6.07, 6.45) is 2.10. The molecule has 82 valence electrons. The summed E-state index contributed by atoms with van der Waals surface area (Å²) in [5.41, 5.74) is -0.121. The SMILES string of the molecule is CC1(C)C=C(O[Si](C)(C)C)OC1(C)C. The van der Waals surface area contributed by atoms with Crippen LogP contribution in [0.3, 0.4) is 0 Å². The summed E-state index contributed by atoms with van der Waals surface area (Å²) in [7, 11) is -1.54. The lowest BCUT2D eigenvalue weighted by Crippen LogP contribution is -2.35. The molecular formula is C11H22O2Si. The largest absolute Gasteiger partial charge is 0.520 e. The van der Waals surface area contributed by atoms with E-state index in [1.807, 2.05) is 0 Å². The molecule has 0 atom stereocenters. The van der Waals surface area contributed by atoms with Gasteiger partial charge in [0.05, 0.1) is 0 Å². The molecule has 1 heterocycles. The van der Waals surface area contributed by atoms with E-state index < -0.39 is 8.32 Å². The van der Waals surface area contributed by atoms with E-state index in [9.17, 15) is 0 Å². The lowest BCUT2D eigenvalue weighted by Gasteiger charge is -2.32. The predicted molar refractivity (Wildman–Crippen MR) is 61.5 cm³/mol. The second-order valence-electron chi connectivity index (χ2n) is 6.01. The first kappa shape index (κ1) is 11.6. The van der Waals surface area contributed by atoms with Crippen molar-refractivity contribution in [1.29, 1.82) is 0 Å². The molecule has 0 aliphatic carbocycles. The third kappa shape index (κ3) is 2.32. The van der Waals surface area contributed by atoms with Gasteiger partial charge in [0.2, 0.25) is 8.32 Å². The van der Waals surface area contributed by atoms with Gasteiger partial charge in [-0.1, -0.05) is 13.8 Å². The van der Waals surface area contributed by atoms with Gasteiger partial charge < -0.3 is 9.16 Å². The molecular weight excluding hydrogens is 192 g/mol. The van der Waals surface area contributed by atoms with Gasteiger partial charge in [-0.2, -0.15) is 0 Å². The summed E-state index contributed by atoms with van der Waals surface area (Å²) < 4.78 is 11.7. The molecule has 2 nitrogen and oxygen atoms in total. The third-order valence-corrected chi connectivity index (χ3v) is 3.61. The van der Waals surface area contributed by atoms with Crippen molar-refractivity contribution in [3.8, 4) is 0 Å². The summed E-state index contributed by atoms with van der Waals surface area (Å²) >= 11 is 0. The molecule has 0 radical (unpaired) electrons. The average Bonchev–Trinajstić information content (AvgIpc) is 1.94. The van der Waals surface area contributed by atoms with Crippen molar-refractivity contribution in [2.24, 2.45) is 5.41 Å². The van der Waals surface area contributed by atoms with Crippen LogP contribution in [0.4, 0.5) is 0 Å². The van der Waals surface area contributed by atoms with E-state index in [2.05, 4.69) is 53.4 Å². The second kappa shape index (κ2) is 3.02. The molecule has 1 rings (SSSR count). The number of hydrogen-bond donors (Lipinski definition) is 0. The fourth-order valence-electron chi connectivity index (χ4n) is 1.23. The zero-order valence-electron chi connectivity index (χ0n) is 10.4. The zero-order chi connectivity index (χ0) is 11.2. The monoisotopic (exact) mass is 214 g/mol. The molecule has 0 unspecified atom stereocenters. The Hall–Kier alpha value is -0.443. The van der Waals surface area contributed by atoms with Crippen LogP contribution in [0.5, 0.6) is 0 Å². The first-order valence-electron chi connectivity index (χ1n) is 5.14.